The van der Waals surface area contributed by atoms with Gasteiger partial charge in [-0.1, -0.05) is 31.0 Å². The van der Waals surface area contributed by atoms with Crippen molar-refractivity contribution < 1.29 is 32.3 Å². The molecule has 0 aliphatic heterocycles. The van der Waals surface area contributed by atoms with E-state index >= 15 is 0 Å². The summed E-state index contributed by atoms with van der Waals surface area (Å²) in [5, 5.41) is 7.13. The number of hydrogen-bond acceptors (Lipinski definition) is 5. The number of aldehydes is 1. The lowest BCUT2D eigenvalue weighted by Crippen LogP contribution is -2.38. The van der Waals surface area contributed by atoms with Crippen molar-refractivity contribution in [3.8, 4) is 11.3 Å². The maximum absolute atomic E-state index is 13.8. The zero-order chi connectivity index (χ0) is 26.5. The van der Waals surface area contributed by atoms with Gasteiger partial charge in [0.15, 0.2) is 5.69 Å². The second-order valence-corrected chi connectivity index (χ2v) is 10.0. The Hall–Kier alpha value is -3.17. The van der Waals surface area contributed by atoms with Crippen molar-refractivity contribution >= 4 is 18.2 Å². The summed E-state index contributed by atoms with van der Waals surface area (Å²) >= 11 is 0. The molecule has 0 saturated heterocycles. The van der Waals surface area contributed by atoms with Crippen LogP contribution in [0.3, 0.4) is 0 Å². The highest BCUT2D eigenvalue weighted by Crippen LogP contribution is 2.40. The minimum absolute atomic E-state index is 0.0466. The number of amides is 1. The fourth-order valence-corrected chi connectivity index (χ4v) is 4.43. The first-order valence-electron chi connectivity index (χ1n) is 12.1. The van der Waals surface area contributed by atoms with Gasteiger partial charge in [0.1, 0.15) is 11.9 Å². The lowest BCUT2D eigenvalue weighted by atomic mass is 10.0. The number of alkyl halides is 3. The minimum atomic E-state index is -4.57. The number of carbonyl (C=O) groups is 3. The SMILES string of the molecule is CC(C)(C)OC(=O)C[C@H](CCC=O)NC(=O)c1cc(-c2ccccc2C(F)(F)F)n(C2CCCC2)n1. The van der Waals surface area contributed by atoms with Crippen molar-refractivity contribution in [3.63, 3.8) is 0 Å². The molecule has 1 heterocycles. The molecule has 1 aromatic carbocycles. The van der Waals surface area contributed by atoms with E-state index in [9.17, 15) is 27.6 Å². The summed E-state index contributed by atoms with van der Waals surface area (Å²) in [6, 6.07) is 5.79. The number of halogens is 3. The first-order valence-corrected chi connectivity index (χ1v) is 12.1. The molecule has 1 N–H and O–H groups in total. The van der Waals surface area contributed by atoms with Gasteiger partial charge >= 0.3 is 12.1 Å². The van der Waals surface area contributed by atoms with Crippen LogP contribution in [0.15, 0.2) is 30.3 Å². The summed E-state index contributed by atoms with van der Waals surface area (Å²) < 4.78 is 48.1. The summed E-state index contributed by atoms with van der Waals surface area (Å²) in [5.74, 6) is -1.16. The van der Waals surface area contributed by atoms with Crippen LogP contribution >= 0.6 is 0 Å². The molecule has 1 atom stereocenters. The number of rotatable bonds is 9. The van der Waals surface area contributed by atoms with Crippen molar-refractivity contribution in [2.24, 2.45) is 0 Å². The van der Waals surface area contributed by atoms with E-state index in [0.29, 0.717) is 6.29 Å². The van der Waals surface area contributed by atoms with Gasteiger partial charge in [-0.25, -0.2) is 0 Å². The van der Waals surface area contributed by atoms with Gasteiger partial charge in [-0.2, -0.15) is 18.3 Å². The van der Waals surface area contributed by atoms with Crippen LogP contribution in [0.25, 0.3) is 11.3 Å². The Labute approximate surface area is 208 Å². The molecule has 10 heteroatoms. The van der Waals surface area contributed by atoms with Crippen LogP contribution in [0.5, 0.6) is 0 Å². The van der Waals surface area contributed by atoms with Crippen LogP contribution in [0, 0.1) is 0 Å². The van der Waals surface area contributed by atoms with Gasteiger partial charge in [-0.3, -0.25) is 14.3 Å². The van der Waals surface area contributed by atoms with Gasteiger partial charge in [0.25, 0.3) is 5.91 Å². The van der Waals surface area contributed by atoms with Gasteiger partial charge in [0.2, 0.25) is 0 Å². The van der Waals surface area contributed by atoms with E-state index < -0.39 is 35.3 Å². The van der Waals surface area contributed by atoms with Gasteiger partial charge in [0.05, 0.1) is 23.7 Å². The number of nitrogens with zero attached hydrogens (tertiary/aromatic N) is 2. The van der Waals surface area contributed by atoms with E-state index in [1.807, 2.05) is 0 Å². The third-order valence-electron chi connectivity index (χ3n) is 5.95. The Bertz CT molecular complexity index is 1080. The molecule has 1 saturated carbocycles. The fourth-order valence-electron chi connectivity index (χ4n) is 4.43. The number of aromatic nitrogens is 2. The van der Waals surface area contributed by atoms with E-state index in [2.05, 4.69) is 10.4 Å². The van der Waals surface area contributed by atoms with E-state index in [-0.39, 0.29) is 42.3 Å². The molecule has 0 unspecified atom stereocenters. The molecule has 1 aliphatic rings. The molecule has 1 aliphatic carbocycles. The first kappa shape index (κ1) is 27.4. The van der Waals surface area contributed by atoms with Crippen molar-refractivity contribution in [2.45, 2.75) is 89.6 Å². The van der Waals surface area contributed by atoms with E-state index in [0.717, 1.165) is 31.7 Å². The molecule has 1 fully saturated rings. The van der Waals surface area contributed by atoms with Gasteiger partial charge < -0.3 is 14.8 Å². The number of carbonyl (C=O) groups excluding carboxylic acids is 3. The molecule has 1 aromatic heterocycles. The quantitative estimate of drug-likeness (QED) is 0.358. The van der Waals surface area contributed by atoms with Crippen LogP contribution in [-0.2, 0) is 20.5 Å². The zero-order valence-electron chi connectivity index (χ0n) is 20.7. The van der Waals surface area contributed by atoms with Crippen LogP contribution in [-0.4, -0.2) is 39.6 Å². The minimum Gasteiger partial charge on any atom is -0.460 e. The molecular formula is C26H32F3N3O4. The summed E-state index contributed by atoms with van der Waals surface area (Å²) in [5.41, 5.74) is -1.39. The van der Waals surface area contributed by atoms with Crippen LogP contribution < -0.4 is 5.32 Å². The van der Waals surface area contributed by atoms with E-state index in [1.54, 1.807) is 20.8 Å². The standard InChI is InChI=1S/C26H32F3N3O4/c1-25(2,3)36-23(34)15-17(9-8-14-33)30-24(35)21-16-22(32(31-21)18-10-4-5-11-18)19-12-6-7-13-20(19)26(27,28)29/h6-7,12-14,16-18H,4-5,8-11,15H2,1-3H3,(H,30,35)/t17-/m0/s1. The summed E-state index contributed by atoms with van der Waals surface area (Å²) in [7, 11) is 0. The molecule has 7 nitrogen and oxygen atoms in total. The van der Waals surface area contributed by atoms with Crippen molar-refractivity contribution in [1.29, 1.82) is 0 Å². The molecule has 0 spiro atoms. The zero-order valence-corrected chi connectivity index (χ0v) is 20.7. The number of nitrogens with one attached hydrogen (secondary N) is 1. The predicted molar refractivity (Wildman–Crippen MR) is 127 cm³/mol. The summed E-state index contributed by atoms with van der Waals surface area (Å²) in [4.78, 5) is 36.3. The Kier molecular flexibility index (Phi) is 8.58. The molecule has 196 valence electrons. The van der Waals surface area contributed by atoms with E-state index in [4.69, 9.17) is 4.74 Å². The number of esters is 1. The maximum atomic E-state index is 13.8. The lowest BCUT2D eigenvalue weighted by molar-refractivity contribution is -0.155. The van der Waals surface area contributed by atoms with E-state index in [1.165, 1.54) is 28.9 Å². The average Bonchev–Trinajstić information content (AvgIpc) is 3.45. The third kappa shape index (κ3) is 7.18. The summed E-state index contributed by atoms with van der Waals surface area (Å²) in [6.07, 6.45) is -0.340. The van der Waals surface area contributed by atoms with Gasteiger partial charge in [-0.05, 0) is 52.2 Å². The average molecular weight is 508 g/mol. The summed E-state index contributed by atoms with van der Waals surface area (Å²) in [6.45, 7) is 5.17. The second kappa shape index (κ2) is 11.3. The monoisotopic (exact) mass is 507 g/mol. The second-order valence-electron chi connectivity index (χ2n) is 10.0. The van der Waals surface area contributed by atoms with Gasteiger partial charge in [0, 0.05) is 18.0 Å². The molecule has 2 aromatic rings. The van der Waals surface area contributed by atoms with Crippen molar-refractivity contribution in [3.05, 3.63) is 41.6 Å². The van der Waals surface area contributed by atoms with Crippen LogP contribution in [0.1, 0.15) is 87.8 Å². The normalized spacial score (nSPS) is 15.5. The Morgan fingerprint density at radius 1 is 1.19 bits per heavy atom. The molecule has 36 heavy (non-hydrogen) atoms. The third-order valence-corrected chi connectivity index (χ3v) is 5.95. The van der Waals surface area contributed by atoms with Crippen molar-refractivity contribution in [2.75, 3.05) is 0 Å². The topological polar surface area (TPSA) is 90.3 Å². The molecule has 0 bridgehead atoms. The fraction of sp³-hybridized carbons (Fsp3) is 0.538. The highest BCUT2D eigenvalue weighted by Gasteiger charge is 2.35. The first-order chi connectivity index (χ1) is 16.9. The molecular weight excluding hydrogens is 475 g/mol. The smallest absolute Gasteiger partial charge is 0.417 e. The Morgan fingerprint density at radius 2 is 1.86 bits per heavy atom. The number of benzene rings is 1. The highest BCUT2D eigenvalue weighted by molar-refractivity contribution is 5.94. The highest BCUT2D eigenvalue weighted by atomic mass is 19.4. The Balaban J connectivity index is 1.92. The predicted octanol–water partition coefficient (Wildman–Crippen LogP) is 5.49. The number of hydrogen-bond donors (Lipinski definition) is 1. The molecule has 3 rings (SSSR count). The van der Waals surface area contributed by atoms with Gasteiger partial charge in [-0.15, -0.1) is 0 Å². The largest absolute Gasteiger partial charge is 0.460 e. The van der Waals surface area contributed by atoms with Crippen LogP contribution in [0.2, 0.25) is 0 Å². The van der Waals surface area contributed by atoms with Crippen LogP contribution in [0.4, 0.5) is 13.2 Å². The molecule has 0 radical (unpaired) electrons. The Morgan fingerprint density at radius 3 is 2.47 bits per heavy atom. The molecule has 1 amide bonds. The maximum Gasteiger partial charge on any atom is 0.417 e. The van der Waals surface area contributed by atoms with Crippen molar-refractivity contribution in [1.82, 2.24) is 15.1 Å². The lowest BCUT2D eigenvalue weighted by Gasteiger charge is -2.22. The number of ether oxygens (including phenoxy) is 1.